The number of nitrogens with zero attached hydrogens (tertiary/aromatic N) is 4. The number of aromatic nitrogens is 3. The zero-order valence-electron chi connectivity index (χ0n) is 16.4. The van der Waals surface area contributed by atoms with Crippen molar-refractivity contribution in [1.29, 1.82) is 0 Å². The minimum absolute atomic E-state index is 0.440. The second-order valence-corrected chi connectivity index (χ2v) is 8.71. The number of nitrogens with one attached hydrogen (secondary N) is 1. The van der Waals surface area contributed by atoms with Crippen molar-refractivity contribution in [1.82, 2.24) is 15.0 Å². The average molecular weight is 427 g/mol. The molecule has 9 nitrogen and oxygen atoms in total. The van der Waals surface area contributed by atoms with Gasteiger partial charge in [0, 0.05) is 36.1 Å². The van der Waals surface area contributed by atoms with Gasteiger partial charge in [-0.1, -0.05) is 12.1 Å². The highest BCUT2D eigenvalue weighted by Gasteiger charge is 2.17. The number of hydrogen-bond acceptors (Lipinski definition) is 8. The van der Waals surface area contributed by atoms with Gasteiger partial charge in [0.15, 0.2) is 0 Å². The lowest BCUT2D eigenvalue weighted by atomic mass is 10.1. The number of hydrogen-bond donors (Lipinski definition) is 2. The van der Waals surface area contributed by atoms with Crippen molar-refractivity contribution >= 4 is 27.5 Å². The predicted octanol–water partition coefficient (Wildman–Crippen LogP) is 2.00. The Morgan fingerprint density at radius 3 is 2.23 bits per heavy atom. The number of nitrogen functional groups attached to an aromatic ring is 1. The third kappa shape index (κ3) is 4.84. The smallest absolute Gasteiger partial charge is 0.229 e. The second-order valence-electron chi connectivity index (χ2n) is 6.96. The average Bonchev–Trinajstić information content (AvgIpc) is 2.74. The van der Waals surface area contributed by atoms with Crippen LogP contribution >= 0.6 is 0 Å². The summed E-state index contributed by atoms with van der Waals surface area (Å²) < 4.78 is 30.8. The minimum Gasteiger partial charge on any atom is -0.384 e. The highest BCUT2D eigenvalue weighted by Crippen LogP contribution is 2.27. The molecule has 3 aromatic rings. The van der Waals surface area contributed by atoms with Crippen molar-refractivity contribution in [2.75, 3.05) is 47.9 Å². The van der Waals surface area contributed by atoms with Gasteiger partial charge in [-0.25, -0.2) is 23.4 Å². The van der Waals surface area contributed by atoms with Gasteiger partial charge >= 0.3 is 0 Å². The van der Waals surface area contributed by atoms with Crippen molar-refractivity contribution in [2.24, 2.45) is 0 Å². The molecule has 3 N–H and O–H groups in total. The van der Waals surface area contributed by atoms with Crippen LogP contribution < -0.4 is 15.4 Å². The minimum atomic E-state index is -3.33. The molecule has 1 saturated heterocycles. The number of rotatable bonds is 5. The quantitative estimate of drug-likeness (QED) is 0.635. The summed E-state index contributed by atoms with van der Waals surface area (Å²) in [5.74, 6) is 1.05. The molecule has 2 aromatic heterocycles. The summed E-state index contributed by atoms with van der Waals surface area (Å²) in [5.41, 5.74) is 9.34. The van der Waals surface area contributed by atoms with Crippen LogP contribution in [0, 0.1) is 0 Å². The number of morpholine rings is 1. The van der Waals surface area contributed by atoms with Gasteiger partial charge in [-0.2, -0.15) is 0 Å². The van der Waals surface area contributed by atoms with Crippen LogP contribution in [0.25, 0.3) is 22.5 Å². The Morgan fingerprint density at radius 2 is 1.63 bits per heavy atom. The lowest BCUT2D eigenvalue weighted by Gasteiger charge is -2.27. The number of pyridine rings is 1. The first-order valence-corrected chi connectivity index (χ1v) is 11.3. The zero-order valence-corrected chi connectivity index (χ0v) is 17.3. The van der Waals surface area contributed by atoms with E-state index in [1.54, 1.807) is 24.4 Å². The van der Waals surface area contributed by atoms with Crippen LogP contribution in [0.1, 0.15) is 0 Å². The first-order valence-electron chi connectivity index (χ1n) is 9.39. The van der Waals surface area contributed by atoms with Crippen molar-refractivity contribution in [2.45, 2.75) is 0 Å². The summed E-state index contributed by atoms with van der Waals surface area (Å²) in [6, 6.07) is 12.5. The van der Waals surface area contributed by atoms with Crippen LogP contribution in [0.3, 0.4) is 0 Å². The van der Waals surface area contributed by atoms with E-state index in [1.807, 2.05) is 24.3 Å². The Kier molecular flexibility index (Phi) is 5.51. The van der Waals surface area contributed by atoms with Crippen LogP contribution in [-0.2, 0) is 14.8 Å². The molecular weight excluding hydrogens is 404 g/mol. The van der Waals surface area contributed by atoms with Gasteiger partial charge in [-0.15, -0.1) is 0 Å². The fraction of sp³-hybridized carbons (Fsp3) is 0.250. The van der Waals surface area contributed by atoms with E-state index in [0.717, 1.165) is 28.8 Å². The third-order valence-electron chi connectivity index (χ3n) is 4.57. The fourth-order valence-corrected chi connectivity index (χ4v) is 3.68. The lowest BCUT2D eigenvalue weighted by molar-refractivity contribution is 0.122. The summed E-state index contributed by atoms with van der Waals surface area (Å²) in [4.78, 5) is 15.7. The SMILES string of the molecule is CS(=O)(=O)Nc1ccc(-c2cc(-c3ccc(N)nc3)nc(N3CCOCC3)n2)cc1. The number of sulfonamides is 1. The fourth-order valence-electron chi connectivity index (χ4n) is 3.11. The highest BCUT2D eigenvalue weighted by molar-refractivity contribution is 7.92. The molecule has 1 aliphatic rings. The van der Waals surface area contributed by atoms with Gasteiger partial charge < -0.3 is 15.4 Å². The maximum atomic E-state index is 11.4. The Morgan fingerprint density at radius 1 is 1.00 bits per heavy atom. The van der Waals surface area contributed by atoms with Crippen molar-refractivity contribution in [3.05, 3.63) is 48.7 Å². The molecule has 0 aliphatic carbocycles. The summed E-state index contributed by atoms with van der Waals surface area (Å²) in [6.07, 6.45) is 2.80. The maximum absolute atomic E-state index is 11.4. The molecule has 156 valence electrons. The first kappa shape index (κ1) is 20.0. The molecule has 3 heterocycles. The van der Waals surface area contributed by atoms with Crippen molar-refractivity contribution in [3.8, 4) is 22.5 Å². The van der Waals surface area contributed by atoms with E-state index in [-0.39, 0.29) is 0 Å². The van der Waals surface area contributed by atoms with Crippen LogP contribution in [0.2, 0.25) is 0 Å². The summed E-state index contributed by atoms with van der Waals surface area (Å²) in [5, 5.41) is 0. The molecule has 1 fully saturated rings. The number of benzene rings is 1. The topological polar surface area (TPSA) is 123 Å². The largest absolute Gasteiger partial charge is 0.384 e. The first-order chi connectivity index (χ1) is 14.4. The summed E-state index contributed by atoms with van der Waals surface area (Å²) in [6.45, 7) is 2.66. The molecule has 10 heteroatoms. The van der Waals surface area contributed by atoms with E-state index < -0.39 is 10.0 Å². The maximum Gasteiger partial charge on any atom is 0.229 e. The van der Waals surface area contributed by atoms with Gasteiger partial charge in [0.05, 0.1) is 30.9 Å². The van der Waals surface area contributed by atoms with Crippen LogP contribution in [-0.4, -0.2) is 55.9 Å². The van der Waals surface area contributed by atoms with E-state index in [0.29, 0.717) is 43.8 Å². The van der Waals surface area contributed by atoms with E-state index in [9.17, 15) is 8.42 Å². The predicted molar refractivity (Wildman–Crippen MR) is 117 cm³/mol. The molecule has 0 atom stereocenters. The lowest BCUT2D eigenvalue weighted by Crippen LogP contribution is -2.37. The standard InChI is InChI=1S/C20H22N6O3S/c1-30(27,28)25-16-5-2-14(3-6-16)17-12-18(15-4-7-19(21)22-13-15)24-20(23-17)26-8-10-29-11-9-26/h2-7,12-13,25H,8-11H2,1H3,(H2,21,22). The molecule has 0 radical (unpaired) electrons. The second kappa shape index (κ2) is 8.25. The number of anilines is 3. The van der Waals surface area contributed by atoms with Gasteiger partial charge in [-0.05, 0) is 30.3 Å². The molecule has 0 amide bonds. The molecule has 0 spiro atoms. The molecule has 1 aromatic carbocycles. The Labute approximate surface area is 175 Å². The zero-order chi connectivity index (χ0) is 21.1. The monoisotopic (exact) mass is 426 g/mol. The van der Waals surface area contributed by atoms with Crippen LogP contribution in [0.4, 0.5) is 17.5 Å². The molecule has 0 saturated carbocycles. The van der Waals surface area contributed by atoms with Gasteiger partial charge in [-0.3, -0.25) is 4.72 Å². The van der Waals surface area contributed by atoms with E-state index >= 15 is 0 Å². The molecule has 30 heavy (non-hydrogen) atoms. The van der Waals surface area contributed by atoms with E-state index in [1.165, 1.54) is 0 Å². The van der Waals surface area contributed by atoms with Gasteiger partial charge in [0.1, 0.15) is 5.82 Å². The van der Waals surface area contributed by atoms with Gasteiger partial charge in [0.2, 0.25) is 16.0 Å². The third-order valence-corrected chi connectivity index (χ3v) is 5.18. The number of ether oxygens (including phenoxy) is 1. The molecule has 0 bridgehead atoms. The van der Waals surface area contributed by atoms with Gasteiger partial charge in [0.25, 0.3) is 0 Å². The Hall–Kier alpha value is -3.24. The summed E-state index contributed by atoms with van der Waals surface area (Å²) >= 11 is 0. The molecule has 4 rings (SSSR count). The van der Waals surface area contributed by atoms with Crippen molar-refractivity contribution < 1.29 is 13.2 Å². The normalized spacial score (nSPS) is 14.5. The van der Waals surface area contributed by atoms with Crippen LogP contribution in [0.15, 0.2) is 48.7 Å². The number of nitrogens with two attached hydrogens (primary N) is 1. The van der Waals surface area contributed by atoms with Crippen LogP contribution in [0.5, 0.6) is 0 Å². The Balaban J connectivity index is 1.74. The van der Waals surface area contributed by atoms with Crippen molar-refractivity contribution in [3.63, 3.8) is 0 Å². The summed E-state index contributed by atoms with van der Waals surface area (Å²) in [7, 11) is -3.33. The molecule has 0 unspecified atom stereocenters. The van der Waals surface area contributed by atoms with E-state index in [2.05, 4.69) is 14.6 Å². The van der Waals surface area contributed by atoms with E-state index in [4.69, 9.17) is 20.4 Å². The molecular formula is C20H22N6O3S. The Bertz CT molecular complexity index is 1130. The molecule has 1 aliphatic heterocycles. The highest BCUT2D eigenvalue weighted by atomic mass is 32.2.